The van der Waals surface area contributed by atoms with Gasteiger partial charge in [0.15, 0.2) is 11.6 Å². The maximum Gasteiger partial charge on any atom is 0.325 e. The van der Waals surface area contributed by atoms with Gasteiger partial charge in [0.1, 0.15) is 22.5 Å². The summed E-state index contributed by atoms with van der Waals surface area (Å²) >= 11 is 3.35. The average molecular weight is 438 g/mol. The molecule has 0 amide bonds. The van der Waals surface area contributed by atoms with Crippen LogP contribution < -0.4 is 15.8 Å². The predicted molar refractivity (Wildman–Crippen MR) is 107 cm³/mol. The monoisotopic (exact) mass is 437 g/mol. The Bertz CT molecular complexity index is 821. The van der Waals surface area contributed by atoms with E-state index >= 15 is 0 Å². The molecule has 2 rings (SSSR count). The third-order valence-electron chi connectivity index (χ3n) is 3.30. The highest BCUT2D eigenvalue weighted by atomic mass is 79.9. The number of halogens is 1. The van der Waals surface area contributed by atoms with Crippen LogP contribution in [0.25, 0.3) is 0 Å². The highest BCUT2D eigenvalue weighted by Gasteiger charge is 2.18. The molecule has 0 atom stereocenters. The number of pyridine rings is 1. The van der Waals surface area contributed by atoms with E-state index in [4.69, 9.17) is 15.2 Å². The molecule has 146 valence electrons. The maximum absolute atomic E-state index is 12.0. The SMILES string of the molecule is CC(C)c1cnc(Br)cc1Oc1cnc(N)nc1NCC(=O)OC(C)(C)C. The standard InChI is InChI=1S/C18H24BrN5O3/c1-10(2)11-7-21-14(19)6-12(11)26-13-8-23-17(20)24-16(13)22-9-15(25)27-18(3,4)5/h6-8,10H,9H2,1-5H3,(H3,20,22,23,24). The molecule has 0 saturated heterocycles. The third-order valence-corrected chi connectivity index (χ3v) is 3.73. The Morgan fingerprint density at radius 1 is 1.26 bits per heavy atom. The van der Waals surface area contributed by atoms with Gasteiger partial charge in [0.25, 0.3) is 0 Å². The van der Waals surface area contributed by atoms with Crippen LogP contribution in [0, 0.1) is 0 Å². The van der Waals surface area contributed by atoms with Crippen LogP contribution in [0.2, 0.25) is 0 Å². The topological polar surface area (TPSA) is 112 Å². The van der Waals surface area contributed by atoms with E-state index in [1.807, 2.05) is 13.8 Å². The van der Waals surface area contributed by atoms with Crippen molar-refractivity contribution in [1.82, 2.24) is 15.0 Å². The summed E-state index contributed by atoms with van der Waals surface area (Å²) in [6.07, 6.45) is 3.20. The molecule has 2 heterocycles. The van der Waals surface area contributed by atoms with Crippen LogP contribution in [0.5, 0.6) is 11.5 Å². The Balaban J connectivity index is 2.24. The number of nitrogens with two attached hydrogens (primary N) is 1. The van der Waals surface area contributed by atoms with Crippen LogP contribution in [0.1, 0.15) is 46.1 Å². The van der Waals surface area contributed by atoms with Gasteiger partial charge in [-0.15, -0.1) is 0 Å². The number of nitrogens with one attached hydrogen (secondary N) is 1. The molecule has 0 unspecified atom stereocenters. The Morgan fingerprint density at radius 3 is 2.59 bits per heavy atom. The van der Waals surface area contributed by atoms with Crippen molar-refractivity contribution in [3.63, 3.8) is 0 Å². The van der Waals surface area contributed by atoms with Crippen molar-refractivity contribution < 1.29 is 14.3 Å². The molecule has 0 aliphatic rings. The molecule has 2 aromatic rings. The largest absolute Gasteiger partial charge is 0.459 e. The number of esters is 1. The van der Waals surface area contributed by atoms with Gasteiger partial charge in [-0.3, -0.25) is 4.79 Å². The number of carbonyl (C=O) groups is 1. The first kappa shape index (κ1) is 20.9. The molecule has 9 heteroatoms. The van der Waals surface area contributed by atoms with E-state index in [9.17, 15) is 4.79 Å². The van der Waals surface area contributed by atoms with Crippen LogP contribution in [-0.4, -0.2) is 33.1 Å². The summed E-state index contributed by atoms with van der Waals surface area (Å²) in [5.74, 6) is 1.10. The van der Waals surface area contributed by atoms with Gasteiger partial charge in [0, 0.05) is 17.8 Å². The molecule has 8 nitrogen and oxygen atoms in total. The number of aromatic nitrogens is 3. The molecule has 0 saturated carbocycles. The van der Waals surface area contributed by atoms with Crippen molar-refractivity contribution in [3.05, 3.63) is 28.6 Å². The number of anilines is 2. The summed E-state index contributed by atoms with van der Waals surface area (Å²) in [5, 5.41) is 2.90. The zero-order chi connectivity index (χ0) is 20.2. The zero-order valence-corrected chi connectivity index (χ0v) is 17.6. The molecule has 3 N–H and O–H groups in total. The summed E-state index contributed by atoms with van der Waals surface area (Å²) in [7, 11) is 0. The fourth-order valence-electron chi connectivity index (χ4n) is 2.18. The minimum absolute atomic E-state index is 0.0639. The number of hydrogen-bond donors (Lipinski definition) is 2. The summed E-state index contributed by atoms with van der Waals surface area (Å²) in [4.78, 5) is 24.3. The summed E-state index contributed by atoms with van der Waals surface area (Å²) in [6, 6.07) is 1.77. The summed E-state index contributed by atoms with van der Waals surface area (Å²) in [5.41, 5.74) is 6.03. The number of rotatable bonds is 6. The Hall–Kier alpha value is -2.42. The number of hydrogen-bond acceptors (Lipinski definition) is 8. The van der Waals surface area contributed by atoms with E-state index in [-0.39, 0.29) is 18.4 Å². The van der Waals surface area contributed by atoms with Crippen LogP contribution in [-0.2, 0) is 9.53 Å². The molecule has 0 aliphatic heterocycles. The van der Waals surface area contributed by atoms with Gasteiger partial charge in [-0.1, -0.05) is 13.8 Å². The van der Waals surface area contributed by atoms with Gasteiger partial charge in [0.2, 0.25) is 5.95 Å². The van der Waals surface area contributed by atoms with E-state index in [0.717, 1.165) is 5.56 Å². The minimum atomic E-state index is -0.571. The van der Waals surface area contributed by atoms with Crippen molar-refractivity contribution in [2.75, 3.05) is 17.6 Å². The minimum Gasteiger partial charge on any atom is -0.459 e. The molecule has 0 aliphatic carbocycles. The molecule has 0 aromatic carbocycles. The lowest BCUT2D eigenvalue weighted by atomic mass is 10.1. The predicted octanol–water partition coefficient (Wildman–Crippen LogP) is 3.89. The molecule has 2 aromatic heterocycles. The second-order valence-electron chi connectivity index (χ2n) is 7.18. The van der Waals surface area contributed by atoms with Crippen LogP contribution in [0.3, 0.4) is 0 Å². The van der Waals surface area contributed by atoms with E-state index in [0.29, 0.717) is 21.9 Å². The van der Waals surface area contributed by atoms with Crippen LogP contribution in [0.15, 0.2) is 23.1 Å². The van der Waals surface area contributed by atoms with Gasteiger partial charge in [0.05, 0.1) is 6.20 Å². The van der Waals surface area contributed by atoms with Crippen molar-refractivity contribution in [1.29, 1.82) is 0 Å². The second-order valence-corrected chi connectivity index (χ2v) is 8.00. The van der Waals surface area contributed by atoms with Gasteiger partial charge in [-0.2, -0.15) is 4.98 Å². The lowest BCUT2D eigenvalue weighted by Gasteiger charge is -2.20. The molecule has 0 bridgehead atoms. The first-order valence-corrected chi connectivity index (χ1v) is 9.26. The van der Waals surface area contributed by atoms with Crippen LogP contribution in [0.4, 0.5) is 11.8 Å². The molecule has 0 fully saturated rings. The number of ether oxygens (including phenoxy) is 2. The zero-order valence-electron chi connectivity index (χ0n) is 16.0. The van der Waals surface area contributed by atoms with Gasteiger partial charge in [-0.25, -0.2) is 9.97 Å². The lowest BCUT2D eigenvalue weighted by Crippen LogP contribution is -2.28. The molecular formula is C18H24BrN5O3. The van der Waals surface area contributed by atoms with Crippen LogP contribution >= 0.6 is 15.9 Å². The fourth-order valence-corrected chi connectivity index (χ4v) is 2.49. The molecular weight excluding hydrogens is 414 g/mol. The number of carbonyl (C=O) groups excluding carboxylic acids is 1. The van der Waals surface area contributed by atoms with Crippen molar-refractivity contribution >= 4 is 33.7 Å². The number of nitrogen functional groups attached to an aromatic ring is 1. The quantitative estimate of drug-likeness (QED) is 0.516. The second kappa shape index (κ2) is 8.51. The van der Waals surface area contributed by atoms with Gasteiger partial charge >= 0.3 is 5.97 Å². The van der Waals surface area contributed by atoms with E-state index in [1.165, 1.54) is 6.20 Å². The molecule has 0 spiro atoms. The number of nitrogens with zero attached hydrogens (tertiary/aromatic N) is 3. The van der Waals surface area contributed by atoms with Crippen molar-refractivity contribution in [2.24, 2.45) is 0 Å². The van der Waals surface area contributed by atoms with Crippen molar-refractivity contribution in [3.8, 4) is 11.5 Å². The summed E-state index contributed by atoms with van der Waals surface area (Å²) < 4.78 is 11.9. The van der Waals surface area contributed by atoms with E-state index in [2.05, 4.69) is 36.2 Å². The Morgan fingerprint density at radius 2 is 1.96 bits per heavy atom. The summed E-state index contributed by atoms with van der Waals surface area (Å²) in [6.45, 7) is 9.41. The molecule has 0 radical (unpaired) electrons. The normalized spacial score (nSPS) is 11.4. The van der Waals surface area contributed by atoms with E-state index in [1.54, 1.807) is 33.0 Å². The first-order chi connectivity index (χ1) is 12.5. The smallest absolute Gasteiger partial charge is 0.325 e. The van der Waals surface area contributed by atoms with E-state index < -0.39 is 11.6 Å². The Labute approximate surface area is 167 Å². The first-order valence-electron chi connectivity index (χ1n) is 8.46. The fraction of sp³-hybridized carbons (Fsp3) is 0.444. The van der Waals surface area contributed by atoms with Gasteiger partial charge in [-0.05, 0) is 42.6 Å². The Kier molecular flexibility index (Phi) is 6.59. The lowest BCUT2D eigenvalue weighted by molar-refractivity contribution is -0.152. The molecule has 27 heavy (non-hydrogen) atoms. The highest BCUT2D eigenvalue weighted by Crippen LogP contribution is 2.34. The maximum atomic E-state index is 12.0. The van der Waals surface area contributed by atoms with Crippen molar-refractivity contribution in [2.45, 2.75) is 46.1 Å². The average Bonchev–Trinajstić information content (AvgIpc) is 2.53. The van der Waals surface area contributed by atoms with Gasteiger partial charge < -0.3 is 20.5 Å². The third kappa shape index (κ3) is 6.35. The highest BCUT2D eigenvalue weighted by molar-refractivity contribution is 9.10.